The van der Waals surface area contributed by atoms with E-state index in [1.165, 1.54) is 25.9 Å². The van der Waals surface area contributed by atoms with Crippen LogP contribution in [0.25, 0.3) is 0 Å². The van der Waals surface area contributed by atoms with E-state index in [9.17, 15) is 0 Å². The third-order valence-corrected chi connectivity index (χ3v) is 2.79. The van der Waals surface area contributed by atoms with Crippen LogP contribution in [0.15, 0.2) is 0 Å². The molecule has 2 aliphatic rings. The highest BCUT2D eigenvalue weighted by molar-refractivity contribution is 4.83. The zero-order valence-electron chi connectivity index (χ0n) is 7.75. The first kappa shape index (κ1) is 8.48. The van der Waals surface area contributed by atoms with E-state index in [0.29, 0.717) is 12.1 Å². The van der Waals surface area contributed by atoms with Gasteiger partial charge in [-0.2, -0.15) is 0 Å². The molecule has 2 saturated heterocycles. The van der Waals surface area contributed by atoms with Gasteiger partial charge in [-0.25, -0.2) is 0 Å². The molecule has 2 rings (SSSR count). The van der Waals surface area contributed by atoms with Crippen molar-refractivity contribution >= 4 is 0 Å². The van der Waals surface area contributed by atoms with Crippen molar-refractivity contribution in [2.75, 3.05) is 33.4 Å². The zero-order chi connectivity index (χ0) is 8.39. The van der Waals surface area contributed by atoms with Gasteiger partial charge in [0.2, 0.25) is 0 Å². The van der Waals surface area contributed by atoms with Crippen LogP contribution in [0.3, 0.4) is 0 Å². The molecular weight excluding hydrogens is 152 g/mol. The number of likely N-dealkylation sites (tertiary alicyclic amines) is 1. The Balaban J connectivity index is 1.72. The predicted molar refractivity (Wildman–Crippen MR) is 48.3 cm³/mol. The minimum atomic E-state index is 0.626. The van der Waals surface area contributed by atoms with Gasteiger partial charge in [-0.1, -0.05) is 0 Å². The van der Waals surface area contributed by atoms with Gasteiger partial charge < -0.3 is 15.0 Å². The van der Waals surface area contributed by atoms with E-state index in [1.807, 2.05) is 0 Å². The average molecular weight is 170 g/mol. The van der Waals surface area contributed by atoms with Crippen LogP contribution < -0.4 is 5.32 Å². The summed E-state index contributed by atoms with van der Waals surface area (Å²) in [6.45, 7) is 4.31. The second kappa shape index (κ2) is 3.73. The van der Waals surface area contributed by atoms with Gasteiger partial charge in [0.1, 0.15) is 0 Å². The molecule has 0 aromatic carbocycles. The molecule has 12 heavy (non-hydrogen) atoms. The second-order valence-corrected chi connectivity index (χ2v) is 3.98. The Labute approximate surface area is 74.1 Å². The number of nitrogens with one attached hydrogen (secondary N) is 1. The molecule has 1 N–H and O–H groups in total. The third kappa shape index (κ3) is 1.97. The van der Waals surface area contributed by atoms with Crippen LogP contribution in [0.2, 0.25) is 0 Å². The summed E-state index contributed by atoms with van der Waals surface area (Å²) in [6, 6.07) is 1.34. The molecule has 0 spiro atoms. The van der Waals surface area contributed by atoms with Crippen molar-refractivity contribution in [2.24, 2.45) is 0 Å². The van der Waals surface area contributed by atoms with E-state index >= 15 is 0 Å². The van der Waals surface area contributed by atoms with Gasteiger partial charge in [0.05, 0.1) is 6.61 Å². The molecule has 3 heteroatoms. The van der Waals surface area contributed by atoms with Crippen LogP contribution in [0.4, 0.5) is 0 Å². The number of nitrogens with zero attached hydrogens (tertiary/aromatic N) is 1. The van der Waals surface area contributed by atoms with Crippen LogP contribution in [0, 0.1) is 0 Å². The summed E-state index contributed by atoms with van der Waals surface area (Å²) in [4.78, 5) is 2.38. The largest absolute Gasteiger partial charge is 0.380 e. The predicted octanol–water partition coefficient (Wildman–Crippen LogP) is 0.0690. The lowest BCUT2D eigenvalue weighted by atomic mass is 10.2. The molecule has 0 radical (unpaired) electrons. The molecule has 2 atom stereocenters. The normalized spacial score (nSPS) is 37.8. The van der Waals surface area contributed by atoms with Gasteiger partial charge in [-0.3, -0.25) is 0 Å². The first-order chi connectivity index (χ1) is 5.84. The molecule has 0 bridgehead atoms. The van der Waals surface area contributed by atoms with E-state index in [-0.39, 0.29) is 0 Å². The zero-order valence-corrected chi connectivity index (χ0v) is 7.75. The van der Waals surface area contributed by atoms with Crippen molar-refractivity contribution in [2.45, 2.75) is 24.9 Å². The lowest BCUT2D eigenvalue weighted by molar-refractivity contribution is 0.188. The van der Waals surface area contributed by atoms with Crippen molar-refractivity contribution < 1.29 is 4.74 Å². The smallest absolute Gasteiger partial charge is 0.0620 e. The summed E-state index contributed by atoms with van der Waals surface area (Å²) < 4.78 is 5.32. The highest BCUT2D eigenvalue weighted by Crippen LogP contribution is 2.10. The fourth-order valence-corrected chi connectivity index (χ4v) is 2.07. The number of hydrogen-bond donors (Lipinski definition) is 1. The molecule has 2 aliphatic heterocycles. The maximum absolute atomic E-state index is 5.32. The monoisotopic (exact) mass is 170 g/mol. The van der Waals surface area contributed by atoms with Crippen molar-refractivity contribution in [1.29, 1.82) is 0 Å². The molecule has 70 valence electrons. The van der Waals surface area contributed by atoms with E-state index < -0.39 is 0 Å². The Hall–Kier alpha value is -0.120. The van der Waals surface area contributed by atoms with Gasteiger partial charge in [0.15, 0.2) is 0 Å². The molecular formula is C9H18N2O. The minimum absolute atomic E-state index is 0.626. The van der Waals surface area contributed by atoms with Gasteiger partial charge in [-0.05, 0) is 26.4 Å². The summed E-state index contributed by atoms with van der Waals surface area (Å²) in [5.74, 6) is 0. The van der Waals surface area contributed by atoms with Crippen LogP contribution >= 0.6 is 0 Å². The van der Waals surface area contributed by atoms with Crippen molar-refractivity contribution in [3.05, 3.63) is 0 Å². The Kier molecular flexibility index (Phi) is 2.63. The number of hydrogen-bond acceptors (Lipinski definition) is 3. The Morgan fingerprint density at radius 1 is 1.33 bits per heavy atom. The van der Waals surface area contributed by atoms with E-state index in [0.717, 1.165) is 13.2 Å². The number of rotatable bonds is 2. The lowest BCUT2D eigenvalue weighted by Gasteiger charge is -2.17. The summed E-state index contributed by atoms with van der Waals surface area (Å²) in [7, 11) is 2.19. The molecule has 0 aromatic rings. The van der Waals surface area contributed by atoms with Crippen LogP contribution in [0.5, 0.6) is 0 Å². The van der Waals surface area contributed by atoms with Gasteiger partial charge in [0.25, 0.3) is 0 Å². The number of likely N-dealkylation sites (N-methyl/N-ethyl adjacent to an activating group) is 1. The summed E-state index contributed by atoms with van der Waals surface area (Å²) in [6.07, 6.45) is 2.49. The van der Waals surface area contributed by atoms with Gasteiger partial charge in [0, 0.05) is 25.2 Å². The van der Waals surface area contributed by atoms with Crippen molar-refractivity contribution in [1.82, 2.24) is 10.2 Å². The Morgan fingerprint density at radius 2 is 2.25 bits per heavy atom. The average Bonchev–Trinajstić information content (AvgIpc) is 2.63. The standard InChI is InChI=1S/C9H18N2O/c1-11-4-2-8(6-11)10-9-3-5-12-7-9/h8-10H,2-7H2,1H3. The molecule has 2 heterocycles. The lowest BCUT2D eigenvalue weighted by Crippen LogP contribution is -2.39. The van der Waals surface area contributed by atoms with Crippen molar-refractivity contribution in [3.63, 3.8) is 0 Å². The van der Waals surface area contributed by atoms with Crippen LogP contribution in [-0.2, 0) is 4.74 Å². The minimum Gasteiger partial charge on any atom is -0.380 e. The first-order valence-electron chi connectivity index (χ1n) is 4.87. The van der Waals surface area contributed by atoms with Gasteiger partial charge >= 0.3 is 0 Å². The summed E-state index contributed by atoms with van der Waals surface area (Å²) in [5, 5.41) is 3.64. The molecule has 2 unspecified atom stereocenters. The second-order valence-electron chi connectivity index (χ2n) is 3.98. The van der Waals surface area contributed by atoms with E-state index in [2.05, 4.69) is 17.3 Å². The maximum atomic E-state index is 5.32. The Morgan fingerprint density at radius 3 is 2.83 bits per heavy atom. The molecule has 0 amide bonds. The maximum Gasteiger partial charge on any atom is 0.0620 e. The highest BCUT2D eigenvalue weighted by atomic mass is 16.5. The fraction of sp³-hybridized carbons (Fsp3) is 1.00. The fourth-order valence-electron chi connectivity index (χ4n) is 2.07. The SMILES string of the molecule is CN1CCC(NC2CCOC2)C1. The summed E-state index contributed by atoms with van der Waals surface area (Å²) in [5.41, 5.74) is 0. The quantitative estimate of drug-likeness (QED) is 0.634. The molecule has 3 nitrogen and oxygen atoms in total. The molecule has 0 saturated carbocycles. The topological polar surface area (TPSA) is 24.5 Å². The van der Waals surface area contributed by atoms with Gasteiger partial charge in [-0.15, -0.1) is 0 Å². The molecule has 0 aromatic heterocycles. The third-order valence-electron chi connectivity index (χ3n) is 2.79. The van der Waals surface area contributed by atoms with E-state index in [1.54, 1.807) is 0 Å². The number of ether oxygens (including phenoxy) is 1. The van der Waals surface area contributed by atoms with Crippen LogP contribution in [-0.4, -0.2) is 50.3 Å². The van der Waals surface area contributed by atoms with Crippen molar-refractivity contribution in [3.8, 4) is 0 Å². The first-order valence-corrected chi connectivity index (χ1v) is 4.87. The highest BCUT2D eigenvalue weighted by Gasteiger charge is 2.24. The van der Waals surface area contributed by atoms with E-state index in [4.69, 9.17) is 4.74 Å². The molecule has 0 aliphatic carbocycles. The Bertz CT molecular complexity index is 145. The molecule has 2 fully saturated rings. The van der Waals surface area contributed by atoms with Crippen LogP contribution in [0.1, 0.15) is 12.8 Å². The summed E-state index contributed by atoms with van der Waals surface area (Å²) >= 11 is 0.